The number of piperazine rings is 1. The minimum atomic E-state index is 0.840. The largest absolute Gasteiger partial charge is 0.317 e. The molecule has 0 saturated carbocycles. The molecule has 0 aliphatic carbocycles. The Hall–Kier alpha value is -0.160. The van der Waals surface area contributed by atoms with Gasteiger partial charge in [-0.1, -0.05) is 0 Å². The first-order valence-corrected chi connectivity index (χ1v) is 7.33. The molecule has 3 heterocycles. The minimum Gasteiger partial charge on any atom is -0.317 e. The Morgan fingerprint density at radius 1 is 0.647 bits per heavy atom. The summed E-state index contributed by atoms with van der Waals surface area (Å²) in [6, 6.07) is 1.70. The predicted octanol–water partition coefficient (Wildman–Crippen LogP) is -0.282. The highest BCUT2D eigenvalue weighted by Gasteiger charge is 2.32. The molecule has 3 aliphatic rings. The lowest BCUT2D eigenvalue weighted by molar-refractivity contribution is 0.148. The lowest BCUT2D eigenvalue weighted by Gasteiger charge is -2.35. The first-order chi connectivity index (χ1) is 8.43. The number of likely N-dealkylation sites (tertiary alicyclic amines) is 1. The van der Waals surface area contributed by atoms with Gasteiger partial charge in [-0.15, -0.1) is 0 Å². The zero-order chi connectivity index (χ0) is 11.5. The fourth-order valence-corrected chi connectivity index (χ4v) is 3.62. The zero-order valence-electron chi connectivity index (χ0n) is 10.8. The smallest absolute Gasteiger partial charge is 0.0236 e. The van der Waals surface area contributed by atoms with Crippen LogP contribution in [0, 0.1) is 0 Å². The summed E-state index contributed by atoms with van der Waals surface area (Å²) in [5, 5.41) is 6.92. The Morgan fingerprint density at radius 2 is 1.35 bits per heavy atom. The third-order valence-corrected chi connectivity index (χ3v) is 4.69. The predicted molar refractivity (Wildman–Crippen MR) is 70.3 cm³/mol. The molecule has 0 spiro atoms. The molecule has 1 unspecified atom stereocenters. The highest BCUT2D eigenvalue weighted by atomic mass is 15.3. The molecule has 3 aliphatic heterocycles. The maximum absolute atomic E-state index is 3.47. The van der Waals surface area contributed by atoms with E-state index in [0.717, 1.165) is 12.1 Å². The number of rotatable bonds is 2. The molecular formula is C13H26N4. The van der Waals surface area contributed by atoms with E-state index in [9.17, 15) is 0 Å². The van der Waals surface area contributed by atoms with E-state index < -0.39 is 0 Å². The van der Waals surface area contributed by atoms with E-state index in [2.05, 4.69) is 20.4 Å². The lowest BCUT2D eigenvalue weighted by atomic mass is 10.1. The van der Waals surface area contributed by atoms with Crippen LogP contribution < -0.4 is 10.6 Å². The summed E-state index contributed by atoms with van der Waals surface area (Å²) in [5.41, 5.74) is 0. The van der Waals surface area contributed by atoms with Crippen molar-refractivity contribution in [2.75, 3.05) is 52.4 Å². The molecule has 17 heavy (non-hydrogen) atoms. The topological polar surface area (TPSA) is 30.5 Å². The molecule has 0 amide bonds. The summed E-state index contributed by atoms with van der Waals surface area (Å²) < 4.78 is 0. The summed E-state index contributed by atoms with van der Waals surface area (Å²) in [4.78, 5) is 5.46. The Morgan fingerprint density at radius 3 is 2.12 bits per heavy atom. The molecule has 98 valence electrons. The molecule has 1 atom stereocenters. The lowest BCUT2D eigenvalue weighted by Crippen LogP contribution is -2.50. The normalized spacial score (nSPS) is 34.2. The van der Waals surface area contributed by atoms with Gasteiger partial charge in [-0.05, 0) is 32.4 Å². The minimum absolute atomic E-state index is 0.840. The highest BCUT2D eigenvalue weighted by molar-refractivity contribution is 4.89. The van der Waals surface area contributed by atoms with Crippen LogP contribution in [0.25, 0.3) is 0 Å². The van der Waals surface area contributed by atoms with Gasteiger partial charge in [0.05, 0.1) is 0 Å². The van der Waals surface area contributed by atoms with Crippen LogP contribution in [0.5, 0.6) is 0 Å². The van der Waals surface area contributed by atoms with Crippen molar-refractivity contribution in [3.63, 3.8) is 0 Å². The Kier molecular flexibility index (Phi) is 3.96. The van der Waals surface area contributed by atoms with Gasteiger partial charge >= 0.3 is 0 Å². The van der Waals surface area contributed by atoms with Crippen LogP contribution in [0.4, 0.5) is 0 Å². The van der Waals surface area contributed by atoms with Crippen molar-refractivity contribution in [1.82, 2.24) is 20.4 Å². The molecular weight excluding hydrogens is 212 g/mol. The van der Waals surface area contributed by atoms with Gasteiger partial charge in [0, 0.05) is 51.4 Å². The van der Waals surface area contributed by atoms with E-state index in [0.29, 0.717) is 0 Å². The fourth-order valence-electron chi connectivity index (χ4n) is 3.62. The molecule has 3 saturated heterocycles. The standard InChI is InChI=1S/C13H26N4/c1-4-14-5-2-12(1)17-8-3-13(11-17)16-9-6-15-7-10-16/h12-15H,1-11H2. The quantitative estimate of drug-likeness (QED) is 0.693. The van der Waals surface area contributed by atoms with Gasteiger partial charge < -0.3 is 10.6 Å². The summed E-state index contributed by atoms with van der Waals surface area (Å²) in [5.74, 6) is 0. The molecule has 0 aromatic heterocycles. The van der Waals surface area contributed by atoms with E-state index in [4.69, 9.17) is 0 Å². The van der Waals surface area contributed by atoms with Gasteiger partial charge in [0.25, 0.3) is 0 Å². The molecule has 4 heteroatoms. The van der Waals surface area contributed by atoms with Gasteiger partial charge in [-0.25, -0.2) is 0 Å². The van der Waals surface area contributed by atoms with Crippen molar-refractivity contribution < 1.29 is 0 Å². The van der Waals surface area contributed by atoms with Crippen molar-refractivity contribution in [3.8, 4) is 0 Å². The van der Waals surface area contributed by atoms with Crippen LogP contribution in [-0.4, -0.2) is 74.2 Å². The molecule has 3 rings (SSSR count). The second-order valence-corrected chi connectivity index (χ2v) is 5.70. The molecule has 0 bridgehead atoms. The third-order valence-electron chi connectivity index (χ3n) is 4.69. The number of nitrogens with one attached hydrogen (secondary N) is 2. The van der Waals surface area contributed by atoms with Crippen LogP contribution in [-0.2, 0) is 0 Å². The van der Waals surface area contributed by atoms with Gasteiger partial charge in [0.2, 0.25) is 0 Å². The molecule has 0 aromatic carbocycles. The second-order valence-electron chi connectivity index (χ2n) is 5.70. The summed E-state index contributed by atoms with van der Waals surface area (Å²) >= 11 is 0. The first-order valence-electron chi connectivity index (χ1n) is 7.33. The van der Waals surface area contributed by atoms with Crippen LogP contribution in [0.15, 0.2) is 0 Å². The van der Waals surface area contributed by atoms with Crippen molar-refractivity contribution >= 4 is 0 Å². The van der Waals surface area contributed by atoms with Gasteiger partial charge in [0.15, 0.2) is 0 Å². The Bertz CT molecular complexity index is 210. The number of nitrogens with zero attached hydrogens (tertiary/aromatic N) is 2. The van der Waals surface area contributed by atoms with Crippen molar-refractivity contribution in [1.29, 1.82) is 0 Å². The first kappa shape index (κ1) is 11.9. The maximum atomic E-state index is 3.47. The molecule has 0 aromatic rings. The monoisotopic (exact) mass is 238 g/mol. The SMILES string of the molecule is C1CC(N2CCC(N3CCNCC3)C2)CCN1. The van der Waals surface area contributed by atoms with Crippen LogP contribution in [0.1, 0.15) is 19.3 Å². The Balaban J connectivity index is 1.50. The maximum Gasteiger partial charge on any atom is 0.0236 e. The van der Waals surface area contributed by atoms with E-state index >= 15 is 0 Å². The summed E-state index contributed by atoms with van der Waals surface area (Å²) in [7, 11) is 0. The van der Waals surface area contributed by atoms with Crippen molar-refractivity contribution in [2.24, 2.45) is 0 Å². The van der Waals surface area contributed by atoms with Crippen LogP contribution in [0.2, 0.25) is 0 Å². The molecule has 2 N–H and O–H groups in total. The number of piperidine rings is 1. The second kappa shape index (κ2) is 5.65. The van der Waals surface area contributed by atoms with E-state index in [1.54, 1.807) is 0 Å². The van der Waals surface area contributed by atoms with E-state index in [1.165, 1.54) is 71.6 Å². The van der Waals surface area contributed by atoms with Crippen molar-refractivity contribution in [2.45, 2.75) is 31.3 Å². The van der Waals surface area contributed by atoms with Crippen LogP contribution >= 0.6 is 0 Å². The molecule has 3 fully saturated rings. The average molecular weight is 238 g/mol. The fraction of sp³-hybridized carbons (Fsp3) is 1.00. The van der Waals surface area contributed by atoms with Gasteiger partial charge in [-0.2, -0.15) is 0 Å². The van der Waals surface area contributed by atoms with E-state index in [1.807, 2.05) is 0 Å². The Labute approximate surface area is 105 Å². The zero-order valence-corrected chi connectivity index (χ0v) is 10.8. The van der Waals surface area contributed by atoms with E-state index in [-0.39, 0.29) is 0 Å². The van der Waals surface area contributed by atoms with Gasteiger partial charge in [0.1, 0.15) is 0 Å². The summed E-state index contributed by atoms with van der Waals surface area (Å²) in [6.07, 6.45) is 4.10. The number of hydrogen-bond acceptors (Lipinski definition) is 4. The third kappa shape index (κ3) is 2.81. The average Bonchev–Trinajstić information content (AvgIpc) is 2.90. The molecule has 4 nitrogen and oxygen atoms in total. The van der Waals surface area contributed by atoms with Crippen LogP contribution in [0.3, 0.4) is 0 Å². The van der Waals surface area contributed by atoms with Crippen molar-refractivity contribution in [3.05, 3.63) is 0 Å². The number of hydrogen-bond donors (Lipinski definition) is 2. The highest BCUT2D eigenvalue weighted by Crippen LogP contribution is 2.22. The van der Waals surface area contributed by atoms with Gasteiger partial charge in [-0.3, -0.25) is 9.80 Å². The summed E-state index contributed by atoms with van der Waals surface area (Å²) in [6.45, 7) is 9.98. The molecule has 0 radical (unpaired) electrons.